The lowest BCUT2D eigenvalue weighted by Crippen LogP contribution is -2.46. The third-order valence-corrected chi connectivity index (χ3v) is 5.73. The van der Waals surface area contributed by atoms with E-state index in [0.717, 1.165) is 18.5 Å². The zero-order valence-corrected chi connectivity index (χ0v) is 15.1. The lowest BCUT2D eigenvalue weighted by molar-refractivity contribution is 0.0627. The van der Waals surface area contributed by atoms with Gasteiger partial charge in [0.2, 0.25) is 0 Å². The van der Waals surface area contributed by atoms with E-state index in [0.29, 0.717) is 5.92 Å². The molecule has 2 bridgehead atoms. The minimum absolute atomic E-state index is 0.0270. The van der Waals surface area contributed by atoms with E-state index in [9.17, 15) is 4.79 Å². The van der Waals surface area contributed by atoms with E-state index < -0.39 is 0 Å². The molecule has 6 rings (SSSR count). The Morgan fingerprint density at radius 1 is 0.815 bits per heavy atom. The Labute approximate surface area is 159 Å². The third kappa shape index (κ3) is 2.78. The molecule has 27 heavy (non-hydrogen) atoms. The molecular formula is C25H21NO. The maximum atomic E-state index is 13.3. The number of fused-ring (bicyclic) bond motifs is 2. The molecule has 2 nitrogen and oxygen atoms in total. The molecule has 2 atom stereocenters. The number of amides is 1. The number of hydrogen-bond acceptors (Lipinski definition) is 1. The van der Waals surface area contributed by atoms with Gasteiger partial charge in [-0.2, -0.15) is 0 Å². The molecule has 3 aromatic carbocycles. The van der Waals surface area contributed by atoms with Crippen LogP contribution >= 0.6 is 0 Å². The van der Waals surface area contributed by atoms with Gasteiger partial charge in [0.25, 0.3) is 5.91 Å². The number of piperidine rings is 1. The van der Waals surface area contributed by atoms with Gasteiger partial charge in [0.1, 0.15) is 0 Å². The number of nitrogens with zero attached hydrogens (tertiary/aromatic N) is 1. The van der Waals surface area contributed by atoms with Crippen molar-refractivity contribution in [3.63, 3.8) is 0 Å². The first kappa shape index (κ1) is 16.1. The van der Waals surface area contributed by atoms with Gasteiger partial charge < -0.3 is 4.90 Å². The van der Waals surface area contributed by atoms with E-state index in [1.807, 2.05) is 36.4 Å². The Kier molecular flexibility index (Phi) is 3.90. The van der Waals surface area contributed by atoms with Crippen LogP contribution in [0.2, 0.25) is 0 Å². The first-order valence-electron chi connectivity index (χ1n) is 9.51. The molecule has 1 fully saturated rings. The maximum Gasteiger partial charge on any atom is 0.254 e. The largest absolute Gasteiger partial charge is 0.327 e. The minimum atomic E-state index is 0.0270. The Balaban J connectivity index is 1.60. The molecule has 2 heteroatoms. The molecule has 0 unspecified atom stereocenters. The SMILES string of the molecule is O=C(c1ccccc1)N1C[C@@H]2C/C(=C/c3ccccc3)[C@H]1c1ccccc12. The van der Waals surface area contributed by atoms with Gasteiger partial charge in [-0.05, 0) is 40.8 Å². The van der Waals surface area contributed by atoms with Crippen LogP contribution in [-0.4, -0.2) is 17.4 Å². The van der Waals surface area contributed by atoms with Gasteiger partial charge in [0.05, 0.1) is 6.04 Å². The second kappa shape index (κ2) is 6.55. The van der Waals surface area contributed by atoms with Gasteiger partial charge >= 0.3 is 0 Å². The highest BCUT2D eigenvalue weighted by Crippen LogP contribution is 2.50. The summed E-state index contributed by atoms with van der Waals surface area (Å²) >= 11 is 0. The van der Waals surface area contributed by atoms with E-state index in [4.69, 9.17) is 0 Å². The van der Waals surface area contributed by atoms with E-state index in [-0.39, 0.29) is 11.9 Å². The topological polar surface area (TPSA) is 20.3 Å². The molecule has 0 saturated carbocycles. The average Bonchev–Trinajstić information content (AvgIpc) is 2.75. The van der Waals surface area contributed by atoms with E-state index >= 15 is 0 Å². The summed E-state index contributed by atoms with van der Waals surface area (Å²) in [6.07, 6.45) is 3.30. The van der Waals surface area contributed by atoms with Crippen LogP contribution in [0.3, 0.4) is 0 Å². The van der Waals surface area contributed by atoms with Crippen LogP contribution in [0.15, 0.2) is 90.5 Å². The predicted molar refractivity (Wildman–Crippen MR) is 108 cm³/mol. The molecular weight excluding hydrogens is 330 g/mol. The molecule has 3 aliphatic rings. The van der Waals surface area contributed by atoms with Gasteiger partial charge in [-0.25, -0.2) is 0 Å². The van der Waals surface area contributed by atoms with Crippen molar-refractivity contribution in [3.05, 3.63) is 113 Å². The number of benzene rings is 3. The molecule has 132 valence electrons. The van der Waals surface area contributed by atoms with Crippen molar-refractivity contribution < 1.29 is 4.79 Å². The molecule has 0 aromatic heterocycles. The van der Waals surface area contributed by atoms with Gasteiger partial charge in [0, 0.05) is 18.0 Å². The van der Waals surface area contributed by atoms with Gasteiger partial charge in [-0.15, -0.1) is 0 Å². The fraction of sp³-hybridized carbons (Fsp3) is 0.160. The summed E-state index contributed by atoms with van der Waals surface area (Å²) in [5.74, 6) is 0.493. The van der Waals surface area contributed by atoms with Gasteiger partial charge in [-0.1, -0.05) is 78.9 Å². The van der Waals surface area contributed by atoms with Gasteiger partial charge in [-0.3, -0.25) is 4.79 Å². The Morgan fingerprint density at radius 2 is 1.44 bits per heavy atom. The first-order chi connectivity index (χ1) is 13.3. The van der Waals surface area contributed by atoms with Crippen molar-refractivity contribution in [2.45, 2.75) is 18.4 Å². The normalized spacial score (nSPS) is 21.9. The Morgan fingerprint density at radius 3 is 2.19 bits per heavy atom. The second-order valence-electron chi connectivity index (χ2n) is 7.39. The molecule has 3 aromatic rings. The first-order valence-corrected chi connectivity index (χ1v) is 9.51. The zero-order valence-electron chi connectivity index (χ0n) is 15.1. The highest BCUT2D eigenvalue weighted by Gasteiger charge is 2.43. The fourth-order valence-electron chi connectivity index (χ4n) is 4.56. The number of carbonyl (C=O) groups is 1. The average molecular weight is 351 g/mol. The summed E-state index contributed by atoms with van der Waals surface area (Å²) < 4.78 is 0. The highest BCUT2D eigenvalue weighted by atomic mass is 16.2. The van der Waals surface area contributed by atoms with Crippen molar-refractivity contribution >= 4 is 12.0 Å². The summed E-state index contributed by atoms with van der Waals surface area (Å²) in [5.41, 5.74) is 5.99. The Hall–Kier alpha value is -3.13. The summed E-state index contributed by atoms with van der Waals surface area (Å²) in [6, 6.07) is 28.7. The monoisotopic (exact) mass is 351 g/mol. The maximum absolute atomic E-state index is 13.3. The molecule has 2 heterocycles. The van der Waals surface area contributed by atoms with Gasteiger partial charge in [0.15, 0.2) is 0 Å². The summed E-state index contributed by atoms with van der Waals surface area (Å²) in [6.45, 7) is 0.793. The van der Waals surface area contributed by atoms with Crippen LogP contribution in [-0.2, 0) is 0 Å². The molecule has 0 spiro atoms. The highest BCUT2D eigenvalue weighted by molar-refractivity contribution is 5.95. The van der Waals surface area contributed by atoms with E-state index in [1.54, 1.807) is 0 Å². The quantitative estimate of drug-likeness (QED) is 0.601. The smallest absolute Gasteiger partial charge is 0.254 e. The lowest BCUT2D eigenvalue weighted by Gasteiger charge is -2.48. The molecule has 1 amide bonds. The fourth-order valence-corrected chi connectivity index (χ4v) is 4.56. The number of hydrogen-bond donors (Lipinski definition) is 0. The zero-order chi connectivity index (χ0) is 18.2. The second-order valence-corrected chi connectivity index (χ2v) is 7.39. The van der Waals surface area contributed by atoms with Crippen LogP contribution in [0.5, 0.6) is 0 Å². The molecule has 1 aliphatic carbocycles. The van der Waals surface area contributed by atoms with Crippen LogP contribution in [0, 0.1) is 0 Å². The molecule has 0 N–H and O–H groups in total. The van der Waals surface area contributed by atoms with Crippen LogP contribution < -0.4 is 0 Å². The van der Waals surface area contributed by atoms with Crippen molar-refractivity contribution in [3.8, 4) is 0 Å². The van der Waals surface area contributed by atoms with Crippen LogP contribution in [0.25, 0.3) is 6.08 Å². The molecule has 2 aliphatic heterocycles. The standard InChI is InChI=1S/C25H21NO/c27-25(19-11-5-2-6-12-19)26-17-21-16-20(15-18-9-3-1-4-10-18)24(26)23-14-8-7-13-22(21)23/h1-15,21,24H,16-17H2/b20-15-/t21-,24-/m0/s1. The minimum Gasteiger partial charge on any atom is -0.327 e. The van der Waals surface area contributed by atoms with E-state index in [2.05, 4.69) is 59.5 Å². The summed E-state index contributed by atoms with van der Waals surface area (Å²) in [4.78, 5) is 15.4. The van der Waals surface area contributed by atoms with E-state index in [1.165, 1.54) is 22.3 Å². The summed E-state index contributed by atoms with van der Waals surface area (Å²) in [5, 5.41) is 0. The van der Waals surface area contributed by atoms with Crippen molar-refractivity contribution in [2.24, 2.45) is 0 Å². The van der Waals surface area contributed by atoms with Crippen molar-refractivity contribution in [1.82, 2.24) is 4.90 Å². The third-order valence-electron chi connectivity index (χ3n) is 5.73. The predicted octanol–water partition coefficient (Wildman–Crippen LogP) is 5.45. The van der Waals surface area contributed by atoms with Crippen molar-refractivity contribution in [2.75, 3.05) is 6.54 Å². The lowest BCUT2D eigenvalue weighted by atomic mass is 9.71. The number of rotatable bonds is 2. The summed E-state index contributed by atoms with van der Waals surface area (Å²) in [7, 11) is 0. The molecule has 0 radical (unpaired) electrons. The van der Waals surface area contributed by atoms with Crippen molar-refractivity contribution in [1.29, 1.82) is 0 Å². The molecule has 1 saturated heterocycles. The number of carbonyl (C=O) groups excluding carboxylic acids is 1. The van der Waals surface area contributed by atoms with Crippen LogP contribution in [0.1, 0.15) is 45.4 Å². The van der Waals surface area contributed by atoms with Crippen LogP contribution in [0.4, 0.5) is 0 Å². The Bertz CT molecular complexity index is 1010.